The zero-order chi connectivity index (χ0) is 11.6. The van der Waals surface area contributed by atoms with E-state index in [9.17, 15) is 8.78 Å². The Balaban J connectivity index is 3.14. The Morgan fingerprint density at radius 1 is 1.20 bits per heavy atom. The highest BCUT2D eigenvalue weighted by atomic mass is 19.1. The van der Waals surface area contributed by atoms with Crippen LogP contribution >= 0.6 is 0 Å². The van der Waals surface area contributed by atoms with Crippen molar-refractivity contribution in [3.05, 3.63) is 35.9 Å². The molecular formula is C12H14F2O. The largest absolute Gasteiger partial charge is 0.482 e. The summed E-state index contributed by atoms with van der Waals surface area (Å²) in [6.07, 6.45) is 1.38. The van der Waals surface area contributed by atoms with E-state index in [2.05, 4.69) is 6.58 Å². The summed E-state index contributed by atoms with van der Waals surface area (Å²) in [6, 6.07) is 2.38. The lowest BCUT2D eigenvalue weighted by Crippen LogP contribution is -2.24. The van der Waals surface area contributed by atoms with E-state index in [1.807, 2.05) is 0 Å². The van der Waals surface area contributed by atoms with Crippen molar-refractivity contribution < 1.29 is 13.5 Å². The van der Waals surface area contributed by atoms with Gasteiger partial charge in [0.25, 0.3) is 0 Å². The average molecular weight is 212 g/mol. The summed E-state index contributed by atoms with van der Waals surface area (Å²) >= 11 is 0. The fourth-order valence-corrected chi connectivity index (χ4v) is 1.10. The average Bonchev–Trinajstić information content (AvgIpc) is 2.09. The normalized spacial score (nSPS) is 11.3. The monoisotopic (exact) mass is 212 g/mol. The highest BCUT2D eigenvalue weighted by Crippen LogP contribution is 2.27. The number of ether oxygens (including phenoxy) is 1. The van der Waals surface area contributed by atoms with Crippen LogP contribution in [0.2, 0.25) is 0 Å². The highest BCUT2D eigenvalue weighted by molar-refractivity contribution is 5.49. The van der Waals surface area contributed by atoms with Crippen molar-refractivity contribution in [1.29, 1.82) is 0 Å². The first-order chi connectivity index (χ1) is 6.83. The van der Waals surface area contributed by atoms with Crippen LogP contribution in [0, 0.1) is 11.6 Å². The van der Waals surface area contributed by atoms with E-state index in [1.54, 1.807) is 20.8 Å². The maximum atomic E-state index is 13.4. The molecule has 0 saturated carbocycles. The SMILES string of the molecule is C=Cc1cc(F)c(OC(C)(C)C)c(F)c1. The number of hydrogen-bond acceptors (Lipinski definition) is 1. The van der Waals surface area contributed by atoms with Crippen LogP contribution in [0.1, 0.15) is 26.3 Å². The third-order valence-electron chi connectivity index (χ3n) is 1.66. The van der Waals surface area contributed by atoms with E-state index in [0.717, 1.165) is 0 Å². The van der Waals surface area contributed by atoms with Crippen molar-refractivity contribution in [1.82, 2.24) is 0 Å². The van der Waals surface area contributed by atoms with E-state index in [0.29, 0.717) is 5.56 Å². The molecule has 0 heterocycles. The van der Waals surface area contributed by atoms with Crippen LogP contribution in [-0.2, 0) is 0 Å². The van der Waals surface area contributed by atoms with Crippen molar-refractivity contribution in [2.75, 3.05) is 0 Å². The number of halogens is 2. The second-order valence-corrected chi connectivity index (χ2v) is 4.23. The fraction of sp³-hybridized carbons (Fsp3) is 0.333. The highest BCUT2D eigenvalue weighted by Gasteiger charge is 2.19. The van der Waals surface area contributed by atoms with Crippen LogP contribution in [0.4, 0.5) is 8.78 Å². The summed E-state index contributed by atoms with van der Waals surface area (Å²) in [4.78, 5) is 0. The Hall–Kier alpha value is -1.38. The van der Waals surface area contributed by atoms with Crippen LogP contribution in [0.5, 0.6) is 5.75 Å². The Bertz CT molecular complexity index is 355. The summed E-state index contributed by atoms with van der Waals surface area (Å²) in [5.74, 6) is -1.76. The standard InChI is InChI=1S/C12H14F2O/c1-5-8-6-9(13)11(10(14)7-8)15-12(2,3)4/h5-7H,1H2,2-4H3. The smallest absolute Gasteiger partial charge is 0.191 e. The molecule has 0 unspecified atom stereocenters. The Morgan fingerprint density at radius 2 is 1.67 bits per heavy atom. The molecule has 0 spiro atoms. The fourth-order valence-electron chi connectivity index (χ4n) is 1.10. The Morgan fingerprint density at radius 3 is 2.00 bits per heavy atom. The van der Waals surface area contributed by atoms with Crippen molar-refractivity contribution in [2.45, 2.75) is 26.4 Å². The minimum atomic E-state index is -0.708. The van der Waals surface area contributed by atoms with Crippen LogP contribution in [0.25, 0.3) is 6.08 Å². The lowest BCUT2D eigenvalue weighted by atomic mass is 10.1. The molecule has 0 amide bonds. The Labute approximate surface area is 88.4 Å². The minimum absolute atomic E-state index is 0.340. The van der Waals surface area contributed by atoms with Crippen molar-refractivity contribution in [3.63, 3.8) is 0 Å². The number of hydrogen-bond donors (Lipinski definition) is 0. The van der Waals surface area contributed by atoms with Gasteiger partial charge in [0.15, 0.2) is 17.4 Å². The van der Waals surface area contributed by atoms with Gasteiger partial charge in [-0.1, -0.05) is 12.7 Å². The van der Waals surface area contributed by atoms with Crippen molar-refractivity contribution in [2.24, 2.45) is 0 Å². The molecule has 82 valence electrons. The van der Waals surface area contributed by atoms with Crippen LogP contribution in [-0.4, -0.2) is 5.60 Å². The topological polar surface area (TPSA) is 9.23 Å². The molecule has 0 radical (unpaired) electrons. The second-order valence-electron chi connectivity index (χ2n) is 4.23. The predicted octanol–water partition coefficient (Wildman–Crippen LogP) is 3.79. The van der Waals surface area contributed by atoms with Gasteiger partial charge in [-0.2, -0.15) is 0 Å². The molecule has 0 saturated heterocycles. The summed E-state index contributed by atoms with van der Waals surface area (Å²) in [7, 11) is 0. The van der Waals surface area contributed by atoms with Gasteiger partial charge >= 0.3 is 0 Å². The summed E-state index contributed by atoms with van der Waals surface area (Å²) in [5, 5.41) is 0. The second kappa shape index (κ2) is 4.01. The molecule has 0 aromatic heterocycles. The van der Waals surface area contributed by atoms with Gasteiger partial charge in [-0.25, -0.2) is 8.78 Å². The van der Waals surface area contributed by atoms with E-state index >= 15 is 0 Å². The molecule has 0 bridgehead atoms. The van der Waals surface area contributed by atoms with Crippen LogP contribution < -0.4 is 4.74 Å². The molecule has 0 N–H and O–H groups in total. The predicted molar refractivity (Wildman–Crippen MR) is 56.8 cm³/mol. The van der Waals surface area contributed by atoms with Gasteiger partial charge in [0.05, 0.1) is 0 Å². The third-order valence-corrected chi connectivity index (χ3v) is 1.66. The zero-order valence-corrected chi connectivity index (χ0v) is 9.10. The maximum Gasteiger partial charge on any atom is 0.191 e. The minimum Gasteiger partial charge on any atom is -0.482 e. The van der Waals surface area contributed by atoms with E-state index in [4.69, 9.17) is 4.74 Å². The molecule has 0 aliphatic rings. The molecule has 0 aliphatic carbocycles. The molecule has 0 fully saturated rings. The van der Waals surface area contributed by atoms with Gasteiger partial charge in [0, 0.05) is 0 Å². The van der Waals surface area contributed by atoms with Crippen LogP contribution in [0.3, 0.4) is 0 Å². The number of rotatable bonds is 2. The van der Waals surface area contributed by atoms with E-state index < -0.39 is 17.2 Å². The molecule has 1 nitrogen and oxygen atoms in total. The van der Waals surface area contributed by atoms with E-state index in [-0.39, 0.29) is 5.75 Å². The molecule has 1 aromatic carbocycles. The third kappa shape index (κ3) is 3.05. The molecule has 1 rings (SSSR count). The lowest BCUT2D eigenvalue weighted by Gasteiger charge is -2.22. The van der Waals surface area contributed by atoms with E-state index in [1.165, 1.54) is 18.2 Å². The van der Waals surface area contributed by atoms with Gasteiger partial charge in [-0.3, -0.25) is 0 Å². The van der Waals surface area contributed by atoms with Crippen LogP contribution in [0.15, 0.2) is 18.7 Å². The van der Waals surface area contributed by atoms with Crippen molar-refractivity contribution >= 4 is 6.08 Å². The molecule has 0 aliphatic heterocycles. The van der Waals surface area contributed by atoms with Crippen molar-refractivity contribution in [3.8, 4) is 5.75 Å². The van der Waals surface area contributed by atoms with Gasteiger partial charge in [-0.05, 0) is 38.5 Å². The van der Waals surface area contributed by atoms with Gasteiger partial charge in [0.1, 0.15) is 5.60 Å². The quantitative estimate of drug-likeness (QED) is 0.724. The number of benzene rings is 1. The first-order valence-electron chi connectivity index (χ1n) is 4.64. The first-order valence-corrected chi connectivity index (χ1v) is 4.64. The Kier molecular flexibility index (Phi) is 3.12. The van der Waals surface area contributed by atoms with Gasteiger partial charge in [0.2, 0.25) is 0 Å². The molecule has 1 aromatic rings. The molecule has 3 heteroatoms. The first kappa shape index (κ1) is 11.7. The summed E-state index contributed by atoms with van der Waals surface area (Å²) in [6.45, 7) is 8.63. The molecular weight excluding hydrogens is 198 g/mol. The lowest BCUT2D eigenvalue weighted by molar-refractivity contribution is 0.117. The zero-order valence-electron chi connectivity index (χ0n) is 9.10. The molecule has 0 atom stereocenters. The summed E-state index contributed by atoms with van der Waals surface area (Å²) < 4.78 is 32.0. The van der Waals surface area contributed by atoms with Gasteiger partial charge < -0.3 is 4.74 Å². The molecule has 15 heavy (non-hydrogen) atoms. The van der Waals surface area contributed by atoms with Gasteiger partial charge in [-0.15, -0.1) is 0 Å². The summed E-state index contributed by atoms with van der Waals surface area (Å²) in [5.41, 5.74) is -0.233. The maximum absolute atomic E-state index is 13.4.